The van der Waals surface area contributed by atoms with E-state index in [9.17, 15) is 13.2 Å². The number of hydrogen-bond donors (Lipinski definition) is 0. The van der Waals surface area contributed by atoms with Crippen molar-refractivity contribution >= 4 is 44.8 Å². The summed E-state index contributed by atoms with van der Waals surface area (Å²) in [6, 6.07) is 14.0. The monoisotopic (exact) mass is 441 g/mol. The first-order chi connectivity index (χ1) is 13.3. The lowest BCUT2D eigenvalue weighted by Gasteiger charge is -2.35. The maximum Gasteiger partial charge on any atom is 0.244 e. The molecule has 150 valence electrons. The third kappa shape index (κ3) is 4.60. The van der Waals surface area contributed by atoms with Crippen molar-refractivity contribution in [3.05, 3.63) is 58.6 Å². The van der Waals surface area contributed by atoms with Crippen LogP contribution < -0.4 is 4.90 Å². The number of rotatable bonds is 5. The minimum absolute atomic E-state index is 0.00902. The summed E-state index contributed by atoms with van der Waals surface area (Å²) in [7, 11) is -1.91. The number of carbonyl (C=O) groups is 1. The van der Waals surface area contributed by atoms with Crippen LogP contribution in [-0.4, -0.2) is 63.3 Å². The second kappa shape index (κ2) is 8.69. The van der Waals surface area contributed by atoms with E-state index in [1.54, 1.807) is 11.0 Å². The minimum Gasteiger partial charge on any atom is -0.365 e. The SMILES string of the molecule is CN(CC(=O)N1CCN(S(=O)(=O)c2cc(Cl)ccc2Cl)CC1)c1ccccc1. The summed E-state index contributed by atoms with van der Waals surface area (Å²) in [5, 5.41) is 0.438. The molecule has 0 N–H and O–H groups in total. The summed E-state index contributed by atoms with van der Waals surface area (Å²) in [6.45, 7) is 1.33. The first kappa shape index (κ1) is 20.9. The van der Waals surface area contributed by atoms with Crippen LogP contribution in [0, 0.1) is 0 Å². The summed E-state index contributed by atoms with van der Waals surface area (Å²) < 4.78 is 27.1. The molecule has 1 amide bonds. The van der Waals surface area contributed by atoms with Crippen molar-refractivity contribution in [3.8, 4) is 0 Å². The molecule has 9 heteroatoms. The third-order valence-electron chi connectivity index (χ3n) is 4.67. The van der Waals surface area contributed by atoms with Gasteiger partial charge in [-0.05, 0) is 30.3 Å². The smallest absolute Gasteiger partial charge is 0.244 e. The van der Waals surface area contributed by atoms with Gasteiger partial charge in [-0.2, -0.15) is 4.31 Å². The van der Waals surface area contributed by atoms with Crippen LogP contribution in [0.15, 0.2) is 53.4 Å². The normalized spacial score (nSPS) is 15.5. The molecule has 0 atom stereocenters. The van der Waals surface area contributed by atoms with E-state index in [0.717, 1.165) is 5.69 Å². The Labute approximate surface area is 175 Å². The zero-order valence-corrected chi connectivity index (χ0v) is 17.7. The number of benzene rings is 2. The van der Waals surface area contributed by atoms with Gasteiger partial charge < -0.3 is 9.80 Å². The third-order valence-corrected chi connectivity index (χ3v) is 7.29. The summed E-state index contributed by atoms with van der Waals surface area (Å²) in [4.78, 5) is 16.1. The van der Waals surface area contributed by atoms with Gasteiger partial charge in [-0.25, -0.2) is 8.42 Å². The number of halogens is 2. The minimum atomic E-state index is -3.76. The van der Waals surface area contributed by atoms with Crippen LogP contribution >= 0.6 is 23.2 Å². The van der Waals surface area contributed by atoms with E-state index in [1.807, 2.05) is 42.3 Å². The second-order valence-corrected chi connectivity index (χ2v) is 9.30. The van der Waals surface area contributed by atoms with Gasteiger partial charge in [-0.15, -0.1) is 0 Å². The van der Waals surface area contributed by atoms with Crippen molar-refractivity contribution in [2.45, 2.75) is 4.90 Å². The highest BCUT2D eigenvalue weighted by molar-refractivity contribution is 7.89. The fourth-order valence-corrected chi connectivity index (χ4v) is 5.23. The maximum atomic E-state index is 12.9. The summed E-state index contributed by atoms with van der Waals surface area (Å²) in [5.41, 5.74) is 0.952. The van der Waals surface area contributed by atoms with E-state index in [2.05, 4.69) is 0 Å². The van der Waals surface area contributed by atoms with Crippen molar-refractivity contribution in [1.29, 1.82) is 0 Å². The van der Waals surface area contributed by atoms with Gasteiger partial charge in [0.05, 0.1) is 11.6 Å². The molecule has 1 fully saturated rings. The van der Waals surface area contributed by atoms with Gasteiger partial charge in [0.1, 0.15) is 4.90 Å². The number of hydrogen-bond acceptors (Lipinski definition) is 4. The molecule has 1 saturated heterocycles. The Balaban J connectivity index is 1.62. The van der Waals surface area contributed by atoms with Gasteiger partial charge in [0.15, 0.2) is 0 Å². The molecular formula is C19H21Cl2N3O3S. The Kier molecular flexibility index (Phi) is 6.50. The van der Waals surface area contributed by atoms with Crippen LogP contribution in [-0.2, 0) is 14.8 Å². The van der Waals surface area contributed by atoms with E-state index in [1.165, 1.54) is 16.4 Å². The van der Waals surface area contributed by atoms with Gasteiger partial charge in [0.25, 0.3) is 0 Å². The first-order valence-corrected chi connectivity index (χ1v) is 11.0. The van der Waals surface area contributed by atoms with Crippen LogP contribution in [0.1, 0.15) is 0 Å². The fourth-order valence-electron chi connectivity index (χ4n) is 3.07. The number of carbonyl (C=O) groups excluding carboxylic acids is 1. The summed E-state index contributed by atoms with van der Waals surface area (Å²) >= 11 is 12.0. The average molecular weight is 442 g/mol. The quantitative estimate of drug-likeness (QED) is 0.715. The van der Waals surface area contributed by atoms with Crippen LogP contribution in [0.4, 0.5) is 5.69 Å². The van der Waals surface area contributed by atoms with Crippen LogP contribution in [0.25, 0.3) is 0 Å². The average Bonchev–Trinajstić information content (AvgIpc) is 2.70. The summed E-state index contributed by atoms with van der Waals surface area (Å²) in [5.74, 6) is -0.0378. The van der Waals surface area contributed by atoms with Gasteiger partial charge in [-0.3, -0.25) is 4.79 Å². The maximum absolute atomic E-state index is 12.9. The van der Waals surface area contributed by atoms with Crippen molar-refractivity contribution in [2.24, 2.45) is 0 Å². The van der Waals surface area contributed by atoms with E-state index in [-0.39, 0.29) is 35.5 Å². The topological polar surface area (TPSA) is 60.9 Å². The number of likely N-dealkylation sites (N-methyl/N-ethyl adjacent to an activating group) is 1. The molecule has 1 aliphatic rings. The molecule has 2 aromatic rings. The molecule has 1 aliphatic heterocycles. The lowest BCUT2D eigenvalue weighted by molar-refractivity contribution is -0.130. The zero-order valence-electron chi connectivity index (χ0n) is 15.4. The largest absolute Gasteiger partial charge is 0.365 e. The molecule has 2 aromatic carbocycles. The van der Waals surface area contributed by atoms with E-state index in [0.29, 0.717) is 18.1 Å². The number of anilines is 1. The molecule has 0 radical (unpaired) electrons. The van der Waals surface area contributed by atoms with Gasteiger partial charge in [0, 0.05) is 43.9 Å². The highest BCUT2D eigenvalue weighted by Gasteiger charge is 2.31. The number of amides is 1. The van der Waals surface area contributed by atoms with Crippen molar-refractivity contribution in [1.82, 2.24) is 9.21 Å². The molecule has 6 nitrogen and oxygen atoms in total. The Hall–Kier alpha value is -1.80. The highest BCUT2D eigenvalue weighted by Crippen LogP contribution is 2.28. The lowest BCUT2D eigenvalue weighted by atomic mass is 10.3. The molecule has 3 rings (SSSR count). The van der Waals surface area contributed by atoms with Crippen LogP contribution in [0.3, 0.4) is 0 Å². The van der Waals surface area contributed by atoms with Crippen molar-refractivity contribution in [3.63, 3.8) is 0 Å². The Morgan fingerprint density at radius 2 is 1.68 bits per heavy atom. The first-order valence-electron chi connectivity index (χ1n) is 8.78. The molecule has 0 unspecified atom stereocenters. The number of para-hydroxylation sites is 1. The highest BCUT2D eigenvalue weighted by atomic mass is 35.5. The number of piperazine rings is 1. The van der Waals surface area contributed by atoms with Crippen LogP contribution in [0.5, 0.6) is 0 Å². The molecule has 0 aromatic heterocycles. The standard InChI is InChI=1S/C19H21Cl2N3O3S/c1-22(16-5-3-2-4-6-16)14-19(25)23-9-11-24(12-10-23)28(26,27)18-13-15(20)7-8-17(18)21/h2-8,13H,9-12,14H2,1H3. The predicted octanol–water partition coefficient (Wildman–Crippen LogP) is 2.96. The van der Waals surface area contributed by atoms with Crippen LogP contribution in [0.2, 0.25) is 10.0 Å². The molecule has 0 spiro atoms. The van der Waals surface area contributed by atoms with E-state index in [4.69, 9.17) is 23.2 Å². The van der Waals surface area contributed by atoms with Gasteiger partial charge >= 0.3 is 0 Å². The van der Waals surface area contributed by atoms with Gasteiger partial charge in [-0.1, -0.05) is 41.4 Å². The number of nitrogens with zero attached hydrogens (tertiary/aromatic N) is 3. The molecule has 0 saturated carbocycles. The molecule has 1 heterocycles. The zero-order chi connectivity index (χ0) is 20.3. The predicted molar refractivity (Wildman–Crippen MR) is 112 cm³/mol. The Morgan fingerprint density at radius 1 is 1.04 bits per heavy atom. The second-order valence-electron chi connectivity index (χ2n) is 6.55. The Morgan fingerprint density at radius 3 is 2.32 bits per heavy atom. The Bertz CT molecular complexity index is 946. The number of sulfonamides is 1. The molecular weight excluding hydrogens is 421 g/mol. The lowest BCUT2D eigenvalue weighted by Crippen LogP contribution is -2.52. The summed E-state index contributed by atoms with van der Waals surface area (Å²) in [6.07, 6.45) is 0. The van der Waals surface area contributed by atoms with E-state index < -0.39 is 10.0 Å². The van der Waals surface area contributed by atoms with Crippen molar-refractivity contribution in [2.75, 3.05) is 44.7 Å². The fraction of sp³-hybridized carbons (Fsp3) is 0.316. The molecule has 0 bridgehead atoms. The van der Waals surface area contributed by atoms with Gasteiger partial charge in [0.2, 0.25) is 15.9 Å². The molecule has 28 heavy (non-hydrogen) atoms. The molecule has 0 aliphatic carbocycles. The van der Waals surface area contributed by atoms with E-state index >= 15 is 0 Å². The van der Waals surface area contributed by atoms with Crippen molar-refractivity contribution < 1.29 is 13.2 Å².